The number of aromatic nitrogens is 3. The van der Waals surface area contributed by atoms with Gasteiger partial charge in [-0.2, -0.15) is 5.10 Å². The van der Waals surface area contributed by atoms with Crippen LogP contribution >= 0.6 is 0 Å². The Kier molecular flexibility index (Phi) is 8.23. The number of carbonyl (C=O) groups excluding carboxylic acids is 1. The van der Waals surface area contributed by atoms with Crippen LogP contribution in [0.5, 0.6) is 5.75 Å². The van der Waals surface area contributed by atoms with Gasteiger partial charge in [0.15, 0.2) is 0 Å². The molecular weight excluding hydrogens is 518 g/mol. The Bertz CT molecular complexity index is 1340. The number of amides is 1. The Balaban J connectivity index is 1.64. The molecule has 1 amide bonds. The van der Waals surface area contributed by atoms with E-state index < -0.39 is 38.1 Å². The topological polar surface area (TPSA) is 96.7 Å². The van der Waals surface area contributed by atoms with E-state index in [0.717, 1.165) is 23.0 Å². The maximum atomic E-state index is 13.9. The van der Waals surface area contributed by atoms with Gasteiger partial charge in [-0.15, -0.1) is 0 Å². The van der Waals surface area contributed by atoms with Gasteiger partial charge in [0, 0.05) is 31.7 Å². The summed E-state index contributed by atoms with van der Waals surface area (Å²) in [6, 6.07) is 4.85. The van der Waals surface area contributed by atoms with Crippen molar-refractivity contribution in [2.75, 3.05) is 13.7 Å². The highest BCUT2D eigenvalue weighted by atomic mass is 28.3. The Labute approximate surface area is 230 Å². The van der Waals surface area contributed by atoms with E-state index in [0.29, 0.717) is 17.8 Å². The molecule has 0 saturated carbocycles. The number of rotatable bonds is 10. The molecule has 0 bridgehead atoms. The van der Waals surface area contributed by atoms with Crippen LogP contribution in [-0.2, 0) is 27.3 Å². The van der Waals surface area contributed by atoms with Crippen LogP contribution in [0.2, 0.25) is 25.7 Å². The molecule has 0 unspecified atom stereocenters. The van der Waals surface area contributed by atoms with Crippen LogP contribution in [0.1, 0.15) is 43.7 Å². The van der Waals surface area contributed by atoms with E-state index in [-0.39, 0.29) is 24.6 Å². The van der Waals surface area contributed by atoms with Crippen LogP contribution in [0.25, 0.3) is 10.9 Å². The second-order valence-electron chi connectivity index (χ2n) is 12.0. The lowest BCUT2D eigenvalue weighted by atomic mass is 9.78. The minimum atomic E-state index is -1.25. The predicted octanol–water partition coefficient (Wildman–Crippen LogP) is 4.12. The fourth-order valence-corrected chi connectivity index (χ4v) is 4.97. The number of benzene rings is 1. The number of fused-ring (bicyclic) bond motifs is 1. The first kappa shape index (κ1) is 29.2. The molecule has 3 aromatic rings. The summed E-state index contributed by atoms with van der Waals surface area (Å²) in [4.78, 5) is 17.6. The van der Waals surface area contributed by atoms with E-state index in [2.05, 4.69) is 35.0 Å². The molecule has 1 N–H and O–H groups in total. The van der Waals surface area contributed by atoms with E-state index in [9.17, 15) is 9.18 Å². The van der Waals surface area contributed by atoms with E-state index >= 15 is 0 Å². The summed E-state index contributed by atoms with van der Waals surface area (Å²) in [5, 5.41) is 8.23. The van der Waals surface area contributed by atoms with Gasteiger partial charge in [-0.3, -0.25) is 9.78 Å². The second-order valence-corrected chi connectivity index (χ2v) is 17.7. The Morgan fingerprint density at radius 2 is 1.85 bits per heavy atom. The highest BCUT2D eigenvalue weighted by Crippen LogP contribution is 2.37. The number of pyridine rings is 1. The molecule has 39 heavy (non-hydrogen) atoms. The standard InChI is InChI=1S/C27H38BFN4O5Si/c1-26(2)27(3,4)38-28(37-26)21-15-30-22(16-31-25(34)19-13-18(29)9-10-23(19)35-5)24-20(21)14-32-33(24)17-36-11-12-39(6,7)8/h9-10,13-15H,11-12,16-17H2,1-8H3,(H,31,34). The van der Waals surface area contributed by atoms with Crippen LogP contribution in [0.4, 0.5) is 4.39 Å². The molecule has 1 aliphatic rings. The molecule has 1 saturated heterocycles. The average molecular weight is 557 g/mol. The van der Waals surface area contributed by atoms with Crippen LogP contribution in [-0.4, -0.2) is 60.8 Å². The molecule has 12 heteroatoms. The van der Waals surface area contributed by atoms with Crippen molar-refractivity contribution < 1.29 is 28.0 Å². The third-order valence-corrected chi connectivity index (χ3v) is 9.03. The summed E-state index contributed by atoms with van der Waals surface area (Å²) in [5.41, 5.74) is 1.11. The zero-order chi connectivity index (χ0) is 28.6. The highest BCUT2D eigenvalue weighted by Gasteiger charge is 2.52. The van der Waals surface area contributed by atoms with Crippen molar-refractivity contribution in [2.24, 2.45) is 0 Å². The number of methoxy groups -OCH3 is 1. The highest BCUT2D eigenvalue weighted by molar-refractivity contribution is 6.76. The Hall–Kier alpha value is -2.80. The maximum absolute atomic E-state index is 13.9. The largest absolute Gasteiger partial charge is 0.497 e. The van der Waals surface area contributed by atoms with Gasteiger partial charge in [-0.05, 0) is 51.9 Å². The van der Waals surface area contributed by atoms with Crippen molar-refractivity contribution in [3.05, 3.63) is 47.7 Å². The summed E-state index contributed by atoms with van der Waals surface area (Å²) in [7, 11) is -0.446. The molecule has 9 nitrogen and oxygen atoms in total. The van der Waals surface area contributed by atoms with Gasteiger partial charge in [0.05, 0.1) is 47.8 Å². The van der Waals surface area contributed by atoms with Gasteiger partial charge >= 0.3 is 7.12 Å². The fourth-order valence-electron chi connectivity index (χ4n) is 4.21. The van der Waals surface area contributed by atoms with E-state index in [1.54, 1.807) is 17.1 Å². The number of hydrogen-bond donors (Lipinski definition) is 1. The van der Waals surface area contributed by atoms with Gasteiger partial charge in [0.2, 0.25) is 0 Å². The van der Waals surface area contributed by atoms with Crippen LogP contribution < -0.4 is 15.5 Å². The normalized spacial score (nSPS) is 16.6. The molecule has 1 fully saturated rings. The van der Waals surface area contributed by atoms with Gasteiger partial charge in [0.25, 0.3) is 5.91 Å². The van der Waals surface area contributed by atoms with Crippen molar-refractivity contribution in [1.82, 2.24) is 20.1 Å². The second kappa shape index (κ2) is 11.0. The van der Waals surface area contributed by atoms with Crippen LogP contribution in [0.3, 0.4) is 0 Å². The number of carbonyl (C=O) groups is 1. The van der Waals surface area contributed by atoms with Crippen molar-refractivity contribution in [1.29, 1.82) is 0 Å². The molecule has 0 spiro atoms. The van der Waals surface area contributed by atoms with Gasteiger partial charge < -0.3 is 24.1 Å². The summed E-state index contributed by atoms with van der Waals surface area (Å²) in [5.74, 6) is -0.723. The van der Waals surface area contributed by atoms with Crippen molar-refractivity contribution in [3.8, 4) is 5.75 Å². The van der Waals surface area contributed by atoms with Crippen LogP contribution in [0, 0.1) is 5.82 Å². The molecule has 1 aliphatic heterocycles. The lowest BCUT2D eigenvalue weighted by Gasteiger charge is -2.32. The van der Waals surface area contributed by atoms with Gasteiger partial charge in [0.1, 0.15) is 18.3 Å². The molecule has 4 rings (SSSR count). The number of nitrogens with zero attached hydrogens (tertiary/aromatic N) is 3. The van der Waals surface area contributed by atoms with Gasteiger partial charge in [-0.1, -0.05) is 19.6 Å². The maximum Gasteiger partial charge on any atom is 0.497 e. The predicted molar refractivity (Wildman–Crippen MR) is 151 cm³/mol. The van der Waals surface area contributed by atoms with Crippen molar-refractivity contribution in [2.45, 2.75) is 77.9 Å². The Morgan fingerprint density at radius 1 is 1.15 bits per heavy atom. The molecule has 1 aromatic carbocycles. The van der Waals surface area contributed by atoms with Gasteiger partial charge in [-0.25, -0.2) is 9.07 Å². The zero-order valence-corrected chi connectivity index (χ0v) is 25.1. The van der Waals surface area contributed by atoms with Crippen molar-refractivity contribution in [3.63, 3.8) is 0 Å². The first-order valence-corrected chi connectivity index (χ1v) is 16.8. The zero-order valence-electron chi connectivity index (χ0n) is 24.1. The molecule has 2 aromatic heterocycles. The monoisotopic (exact) mass is 556 g/mol. The molecule has 210 valence electrons. The molecule has 0 aliphatic carbocycles. The molecule has 3 heterocycles. The summed E-state index contributed by atoms with van der Waals surface area (Å²) >= 11 is 0. The summed E-state index contributed by atoms with van der Waals surface area (Å²) in [6.45, 7) is 15.8. The first-order chi connectivity index (χ1) is 18.2. The third kappa shape index (κ3) is 6.35. The van der Waals surface area contributed by atoms with Crippen LogP contribution in [0.15, 0.2) is 30.6 Å². The average Bonchev–Trinajstić information content (AvgIpc) is 3.36. The Morgan fingerprint density at radius 3 is 2.49 bits per heavy atom. The quantitative estimate of drug-likeness (QED) is 0.297. The minimum Gasteiger partial charge on any atom is -0.496 e. The molecular formula is C27H38BFN4O5Si. The first-order valence-electron chi connectivity index (χ1n) is 13.1. The SMILES string of the molecule is COc1ccc(F)cc1C(=O)NCc1ncc(B2OC(C)(C)C(C)(C)O2)c2cnn(COCC[Si](C)(C)C)c12. The van der Waals surface area contributed by atoms with E-state index in [4.69, 9.17) is 18.8 Å². The number of nitrogens with one attached hydrogen (secondary N) is 1. The smallest absolute Gasteiger partial charge is 0.496 e. The van der Waals surface area contributed by atoms with Crippen molar-refractivity contribution >= 4 is 37.5 Å². The van der Waals surface area contributed by atoms with E-state index in [1.807, 2.05) is 27.7 Å². The lowest BCUT2D eigenvalue weighted by Crippen LogP contribution is -2.41. The number of ether oxygens (including phenoxy) is 2. The third-order valence-electron chi connectivity index (χ3n) is 7.32. The summed E-state index contributed by atoms with van der Waals surface area (Å²) in [6.07, 6.45) is 3.45. The number of halogens is 1. The summed E-state index contributed by atoms with van der Waals surface area (Å²) < 4.78 is 39.4. The number of hydrogen-bond acceptors (Lipinski definition) is 7. The molecule has 0 atom stereocenters. The van der Waals surface area contributed by atoms with E-state index in [1.165, 1.54) is 19.2 Å². The lowest BCUT2D eigenvalue weighted by molar-refractivity contribution is 0.00578. The minimum absolute atomic E-state index is 0.0826. The molecule has 0 radical (unpaired) electrons. The fraction of sp³-hybridized carbons (Fsp3) is 0.519.